The maximum absolute atomic E-state index is 3.63. The Morgan fingerprint density at radius 2 is 1.71 bits per heavy atom. The molecule has 0 radical (unpaired) electrons. The molecule has 0 saturated heterocycles. The van der Waals surface area contributed by atoms with Gasteiger partial charge in [0, 0.05) is 4.83 Å². The summed E-state index contributed by atoms with van der Waals surface area (Å²) in [7, 11) is 0. The first-order chi connectivity index (χ1) is 3.39. The van der Waals surface area contributed by atoms with Gasteiger partial charge in [0.25, 0.3) is 0 Å². The number of hydrogen-bond donors (Lipinski definition) is 0. The Morgan fingerprint density at radius 1 is 1.14 bits per heavy atom. The van der Waals surface area contributed by atoms with E-state index in [1.807, 2.05) is 0 Å². The highest BCUT2D eigenvalue weighted by molar-refractivity contribution is 9.09. The van der Waals surface area contributed by atoms with Gasteiger partial charge in [-0.1, -0.05) is 22.4 Å². The lowest BCUT2D eigenvalue weighted by Crippen LogP contribution is -1.78. The molecule has 0 heterocycles. The fourth-order valence-corrected chi connectivity index (χ4v) is 2.87. The minimum absolute atomic E-state index is 0.932. The molecule has 40 valence electrons. The molecule has 2 saturated carbocycles. The van der Waals surface area contributed by atoms with Crippen LogP contribution in [0.3, 0.4) is 0 Å². The molecule has 2 aliphatic carbocycles. The highest BCUT2D eigenvalue weighted by Gasteiger charge is 2.50. The molecule has 0 aromatic heterocycles. The van der Waals surface area contributed by atoms with Crippen molar-refractivity contribution in [3.05, 3.63) is 0 Å². The van der Waals surface area contributed by atoms with E-state index < -0.39 is 0 Å². The van der Waals surface area contributed by atoms with Crippen molar-refractivity contribution in [1.29, 1.82) is 0 Å². The quantitative estimate of drug-likeness (QED) is 0.477. The Bertz CT molecular complexity index is 80.2. The van der Waals surface area contributed by atoms with Crippen LogP contribution in [0.2, 0.25) is 0 Å². The molecular formula is C6H9Br. The third kappa shape index (κ3) is 0.479. The van der Waals surface area contributed by atoms with E-state index in [0.29, 0.717) is 0 Å². The van der Waals surface area contributed by atoms with Crippen LogP contribution in [-0.4, -0.2) is 4.83 Å². The minimum atomic E-state index is 0.932. The average molecular weight is 161 g/mol. The summed E-state index contributed by atoms with van der Waals surface area (Å²) in [6, 6.07) is 0. The molecule has 0 aliphatic heterocycles. The van der Waals surface area contributed by atoms with Gasteiger partial charge in [0.1, 0.15) is 0 Å². The second-order valence-corrected chi connectivity index (χ2v) is 3.76. The predicted octanol–water partition coefficient (Wildman–Crippen LogP) is 2.18. The SMILES string of the molecule is BrC1[C@H]2CCC[C@@H]12. The van der Waals surface area contributed by atoms with Crippen molar-refractivity contribution in [2.24, 2.45) is 11.8 Å². The Balaban J connectivity index is 2.06. The van der Waals surface area contributed by atoms with Crippen LogP contribution in [-0.2, 0) is 0 Å². The molecule has 2 aliphatic rings. The zero-order valence-corrected chi connectivity index (χ0v) is 5.82. The van der Waals surface area contributed by atoms with E-state index >= 15 is 0 Å². The van der Waals surface area contributed by atoms with Crippen molar-refractivity contribution in [1.82, 2.24) is 0 Å². The fraction of sp³-hybridized carbons (Fsp3) is 1.00. The van der Waals surface area contributed by atoms with Crippen molar-refractivity contribution in [3.63, 3.8) is 0 Å². The lowest BCUT2D eigenvalue weighted by Gasteiger charge is -1.88. The molecule has 0 aromatic carbocycles. The normalized spacial score (nSPS) is 57.0. The Hall–Kier alpha value is 0.480. The van der Waals surface area contributed by atoms with Gasteiger partial charge in [-0.05, 0) is 24.7 Å². The van der Waals surface area contributed by atoms with Gasteiger partial charge in [0.15, 0.2) is 0 Å². The summed E-state index contributed by atoms with van der Waals surface area (Å²) in [4.78, 5) is 0.932. The fourth-order valence-electron chi connectivity index (χ4n) is 1.73. The minimum Gasteiger partial charge on any atom is -0.0884 e. The lowest BCUT2D eigenvalue weighted by atomic mass is 10.3. The van der Waals surface area contributed by atoms with Crippen LogP contribution in [0.25, 0.3) is 0 Å². The van der Waals surface area contributed by atoms with Crippen LogP contribution in [0.4, 0.5) is 0 Å². The molecule has 0 spiro atoms. The van der Waals surface area contributed by atoms with Gasteiger partial charge < -0.3 is 0 Å². The van der Waals surface area contributed by atoms with E-state index in [0.717, 1.165) is 16.7 Å². The second-order valence-electron chi connectivity index (χ2n) is 2.70. The Morgan fingerprint density at radius 3 is 2.00 bits per heavy atom. The van der Waals surface area contributed by atoms with Crippen molar-refractivity contribution in [2.75, 3.05) is 0 Å². The van der Waals surface area contributed by atoms with E-state index in [1.165, 1.54) is 19.3 Å². The van der Waals surface area contributed by atoms with Crippen molar-refractivity contribution in [3.8, 4) is 0 Å². The first kappa shape index (κ1) is 4.37. The highest BCUT2D eigenvalue weighted by Crippen LogP contribution is 2.56. The first-order valence-corrected chi connectivity index (χ1v) is 3.95. The number of fused-ring (bicyclic) bond motifs is 1. The van der Waals surface area contributed by atoms with Gasteiger partial charge in [-0.15, -0.1) is 0 Å². The molecule has 0 bridgehead atoms. The van der Waals surface area contributed by atoms with Crippen molar-refractivity contribution < 1.29 is 0 Å². The highest BCUT2D eigenvalue weighted by atomic mass is 79.9. The van der Waals surface area contributed by atoms with Gasteiger partial charge >= 0.3 is 0 Å². The number of alkyl halides is 1. The molecular weight excluding hydrogens is 152 g/mol. The van der Waals surface area contributed by atoms with Crippen LogP contribution in [0, 0.1) is 11.8 Å². The van der Waals surface area contributed by atoms with Crippen molar-refractivity contribution in [2.45, 2.75) is 24.1 Å². The van der Waals surface area contributed by atoms with E-state index in [9.17, 15) is 0 Å². The molecule has 0 amide bonds. The maximum atomic E-state index is 3.63. The molecule has 0 aromatic rings. The molecule has 2 fully saturated rings. The van der Waals surface area contributed by atoms with Crippen LogP contribution >= 0.6 is 15.9 Å². The van der Waals surface area contributed by atoms with Crippen LogP contribution in [0.5, 0.6) is 0 Å². The molecule has 0 N–H and O–H groups in total. The van der Waals surface area contributed by atoms with E-state index in [1.54, 1.807) is 0 Å². The maximum Gasteiger partial charge on any atom is 0.0208 e. The summed E-state index contributed by atoms with van der Waals surface area (Å²) < 4.78 is 0. The molecule has 0 nitrogen and oxygen atoms in total. The van der Waals surface area contributed by atoms with Crippen LogP contribution in [0.15, 0.2) is 0 Å². The van der Waals surface area contributed by atoms with Crippen LogP contribution in [0.1, 0.15) is 19.3 Å². The number of halogens is 1. The van der Waals surface area contributed by atoms with E-state index in [4.69, 9.17) is 0 Å². The van der Waals surface area contributed by atoms with Crippen LogP contribution < -0.4 is 0 Å². The second kappa shape index (κ2) is 1.25. The summed E-state index contributed by atoms with van der Waals surface area (Å²) in [5, 5.41) is 0. The van der Waals surface area contributed by atoms with Gasteiger partial charge in [0.05, 0.1) is 0 Å². The first-order valence-electron chi connectivity index (χ1n) is 3.03. The summed E-state index contributed by atoms with van der Waals surface area (Å²) in [5.41, 5.74) is 0. The Kier molecular flexibility index (Phi) is 0.780. The lowest BCUT2D eigenvalue weighted by molar-refractivity contribution is 0.746. The summed E-state index contributed by atoms with van der Waals surface area (Å²) in [6.45, 7) is 0. The van der Waals surface area contributed by atoms with Gasteiger partial charge in [-0.2, -0.15) is 0 Å². The molecule has 3 atom stereocenters. The third-order valence-corrected chi connectivity index (χ3v) is 3.66. The largest absolute Gasteiger partial charge is 0.0884 e. The molecule has 1 heteroatoms. The topological polar surface area (TPSA) is 0 Å². The predicted molar refractivity (Wildman–Crippen MR) is 33.5 cm³/mol. The standard InChI is InChI=1S/C6H9Br/c7-6-4-2-1-3-5(4)6/h4-6H,1-3H2/t4-,5+,6?. The summed E-state index contributed by atoms with van der Waals surface area (Å²) >= 11 is 3.63. The Labute approximate surface area is 52.4 Å². The smallest absolute Gasteiger partial charge is 0.0208 e. The van der Waals surface area contributed by atoms with Gasteiger partial charge in [-0.25, -0.2) is 0 Å². The molecule has 7 heavy (non-hydrogen) atoms. The van der Waals surface area contributed by atoms with Gasteiger partial charge in [-0.3, -0.25) is 0 Å². The van der Waals surface area contributed by atoms with Crippen molar-refractivity contribution >= 4 is 15.9 Å². The average Bonchev–Trinajstić information content (AvgIpc) is 2.26. The van der Waals surface area contributed by atoms with E-state index in [2.05, 4.69) is 15.9 Å². The monoisotopic (exact) mass is 160 g/mol. The zero-order valence-electron chi connectivity index (χ0n) is 4.23. The summed E-state index contributed by atoms with van der Waals surface area (Å²) in [5.74, 6) is 2.19. The zero-order chi connectivity index (χ0) is 4.85. The number of rotatable bonds is 0. The summed E-state index contributed by atoms with van der Waals surface area (Å²) in [6.07, 6.45) is 4.50. The van der Waals surface area contributed by atoms with E-state index in [-0.39, 0.29) is 0 Å². The third-order valence-electron chi connectivity index (χ3n) is 2.30. The molecule has 1 unspecified atom stereocenters. The molecule has 2 rings (SSSR count). The van der Waals surface area contributed by atoms with Gasteiger partial charge in [0.2, 0.25) is 0 Å². The number of hydrogen-bond acceptors (Lipinski definition) is 0.